The van der Waals surface area contributed by atoms with E-state index in [-0.39, 0.29) is 18.4 Å². The molecule has 1 aliphatic rings. The molecule has 0 saturated carbocycles. The Kier molecular flexibility index (Phi) is 4.52. The number of piperazine rings is 1. The van der Waals surface area contributed by atoms with Gasteiger partial charge in [0.2, 0.25) is 11.8 Å². The van der Waals surface area contributed by atoms with Gasteiger partial charge in [0.1, 0.15) is 12.6 Å². The molecule has 1 atom stereocenters. The molecule has 0 bridgehead atoms. The zero-order valence-corrected chi connectivity index (χ0v) is 11.0. The number of hydrogen-bond acceptors (Lipinski definition) is 3. The zero-order chi connectivity index (χ0) is 13.7. The average molecular weight is 262 g/mol. The fourth-order valence-corrected chi connectivity index (χ4v) is 2.04. The van der Waals surface area contributed by atoms with Gasteiger partial charge in [0.25, 0.3) is 0 Å². The van der Waals surface area contributed by atoms with Crippen LogP contribution < -0.4 is 5.32 Å². The standard InChI is InChI=1S/C14H18N2O3/c1-11-14(18)15-7-8-16(11)13(17)10-19-9-12-5-3-2-4-6-12/h2-6,11H,7-10H2,1H3,(H,15,18). The van der Waals surface area contributed by atoms with Crippen molar-refractivity contribution < 1.29 is 14.3 Å². The highest BCUT2D eigenvalue weighted by Gasteiger charge is 2.28. The molecular formula is C14H18N2O3. The number of carbonyl (C=O) groups is 2. The van der Waals surface area contributed by atoms with Gasteiger partial charge in [-0.3, -0.25) is 9.59 Å². The summed E-state index contributed by atoms with van der Waals surface area (Å²) in [4.78, 5) is 25.0. The van der Waals surface area contributed by atoms with E-state index in [1.807, 2.05) is 30.3 Å². The van der Waals surface area contributed by atoms with Crippen LogP contribution in [0, 0.1) is 0 Å². The molecule has 0 aromatic heterocycles. The summed E-state index contributed by atoms with van der Waals surface area (Å²) >= 11 is 0. The highest BCUT2D eigenvalue weighted by Crippen LogP contribution is 2.06. The maximum atomic E-state index is 12.0. The third kappa shape index (κ3) is 3.54. The lowest BCUT2D eigenvalue weighted by atomic mass is 10.2. The van der Waals surface area contributed by atoms with Gasteiger partial charge in [0.15, 0.2) is 0 Å². The monoisotopic (exact) mass is 262 g/mol. The predicted octanol–water partition coefficient (Wildman–Crippen LogP) is 0.550. The van der Waals surface area contributed by atoms with E-state index in [2.05, 4.69) is 5.32 Å². The first-order valence-corrected chi connectivity index (χ1v) is 6.37. The molecule has 5 nitrogen and oxygen atoms in total. The Morgan fingerprint density at radius 3 is 2.89 bits per heavy atom. The first-order chi connectivity index (χ1) is 9.18. The second kappa shape index (κ2) is 6.33. The van der Waals surface area contributed by atoms with Gasteiger partial charge in [-0.1, -0.05) is 30.3 Å². The van der Waals surface area contributed by atoms with Crippen LogP contribution in [0.15, 0.2) is 30.3 Å². The molecule has 1 N–H and O–H groups in total. The Balaban J connectivity index is 1.79. The molecule has 0 radical (unpaired) electrons. The summed E-state index contributed by atoms with van der Waals surface area (Å²) in [6.07, 6.45) is 0. The molecule has 1 aromatic carbocycles. The Morgan fingerprint density at radius 2 is 2.16 bits per heavy atom. The molecule has 0 spiro atoms. The lowest BCUT2D eigenvalue weighted by Gasteiger charge is -2.32. The molecular weight excluding hydrogens is 244 g/mol. The molecule has 1 aliphatic heterocycles. The highest BCUT2D eigenvalue weighted by molar-refractivity contribution is 5.88. The lowest BCUT2D eigenvalue weighted by Crippen LogP contribution is -2.56. The third-order valence-corrected chi connectivity index (χ3v) is 3.16. The van der Waals surface area contributed by atoms with Gasteiger partial charge >= 0.3 is 0 Å². The van der Waals surface area contributed by atoms with Crippen LogP contribution >= 0.6 is 0 Å². The van der Waals surface area contributed by atoms with Gasteiger partial charge < -0.3 is 15.0 Å². The van der Waals surface area contributed by atoms with Crippen LogP contribution in [-0.4, -0.2) is 42.5 Å². The van der Waals surface area contributed by atoms with Crippen molar-refractivity contribution in [1.29, 1.82) is 0 Å². The number of amides is 2. The summed E-state index contributed by atoms with van der Waals surface area (Å²) in [5, 5.41) is 2.72. The van der Waals surface area contributed by atoms with Crippen molar-refractivity contribution in [2.45, 2.75) is 19.6 Å². The van der Waals surface area contributed by atoms with Crippen molar-refractivity contribution in [3.05, 3.63) is 35.9 Å². The molecule has 5 heteroatoms. The van der Waals surface area contributed by atoms with Gasteiger partial charge in [-0.15, -0.1) is 0 Å². The molecule has 2 amide bonds. The first-order valence-electron chi connectivity index (χ1n) is 6.37. The molecule has 2 rings (SSSR count). The van der Waals surface area contributed by atoms with Crippen molar-refractivity contribution in [2.24, 2.45) is 0 Å². The maximum Gasteiger partial charge on any atom is 0.249 e. The van der Waals surface area contributed by atoms with Gasteiger partial charge in [0, 0.05) is 13.1 Å². The van der Waals surface area contributed by atoms with Crippen LogP contribution in [-0.2, 0) is 20.9 Å². The summed E-state index contributed by atoms with van der Waals surface area (Å²) in [6.45, 7) is 3.19. The second-order valence-electron chi connectivity index (χ2n) is 4.53. The van der Waals surface area contributed by atoms with Crippen LogP contribution in [0.1, 0.15) is 12.5 Å². The van der Waals surface area contributed by atoms with Crippen LogP contribution in [0.3, 0.4) is 0 Å². The number of ether oxygens (including phenoxy) is 1. The Hall–Kier alpha value is -1.88. The van der Waals surface area contributed by atoms with Crippen LogP contribution in [0.5, 0.6) is 0 Å². The molecule has 1 heterocycles. The topological polar surface area (TPSA) is 58.6 Å². The maximum absolute atomic E-state index is 12.0. The second-order valence-corrected chi connectivity index (χ2v) is 4.53. The van der Waals surface area contributed by atoms with Crippen LogP contribution in [0.25, 0.3) is 0 Å². The Morgan fingerprint density at radius 1 is 1.42 bits per heavy atom. The van der Waals surface area contributed by atoms with Gasteiger partial charge in [-0.05, 0) is 12.5 Å². The number of benzene rings is 1. The number of nitrogens with zero attached hydrogens (tertiary/aromatic N) is 1. The first kappa shape index (κ1) is 13.5. The molecule has 1 unspecified atom stereocenters. The van der Waals surface area contributed by atoms with E-state index in [0.29, 0.717) is 19.7 Å². The largest absolute Gasteiger partial charge is 0.367 e. The van der Waals surface area contributed by atoms with E-state index in [9.17, 15) is 9.59 Å². The molecule has 1 saturated heterocycles. The van der Waals surface area contributed by atoms with E-state index < -0.39 is 6.04 Å². The average Bonchev–Trinajstić information content (AvgIpc) is 2.43. The summed E-state index contributed by atoms with van der Waals surface area (Å²) in [6, 6.07) is 9.27. The molecule has 102 valence electrons. The van der Waals surface area contributed by atoms with E-state index in [1.165, 1.54) is 0 Å². The summed E-state index contributed by atoms with van der Waals surface area (Å²) < 4.78 is 5.40. The highest BCUT2D eigenvalue weighted by atomic mass is 16.5. The van der Waals surface area contributed by atoms with Crippen molar-refractivity contribution in [1.82, 2.24) is 10.2 Å². The quantitative estimate of drug-likeness (QED) is 0.862. The van der Waals surface area contributed by atoms with Crippen molar-refractivity contribution in [3.8, 4) is 0 Å². The van der Waals surface area contributed by atoms with Crippen LogP contribution in [0.4, 0.5) is 0 Å². The third-order valence-electron chi connectivity index (χ3n) is 3.16. The Labute approximate surface area is 112 Å². The minimum atomic E-state index is -0.415. The van der Waals surface area contributed by atoms with Gasteiger partial charge in [-0.25, -0.2) is 0 Å². The van der Waals surface area contributed by atoms with Crippen molar-refractivity contribution in [3.63, 3.8) is 0 Å². The normalized spacial score (nSPS) is 19.1. The van der Waals surface area contributed by atoms with Gasteiger partial charge in [-0.2, -0.15) is 0 Å². The lowest BCUT2D eigenvalue weighted by molar-refractivity contribution is -0.146. The number of rotatable bonds is 4. The number of nitrogens with one attached hydrogen (secondary N) is 1. The van der Waals surface area contributed by atoms with E-state index in [1.54, 1.807) is 11.8 Å². The fraction of sp³-hybridized carbons (Fsp3) is 0.429. The molecule has 1 fully saturated rings. The zero-order valence-electron chi connectivity index (χ0n) is 11.0. The van der Waals surface area contributed by atoms with Gasteiger partial charge in [0.05, 0.1) is 6.61 Å². The van der Waals surface area contributed by atoms with E-state index in [4.69, 9.17) is 4.74 Å². The summed E-state index contributed by atoms with van der Waals surface area (Å²) in [5.74, 6) is -0.249. The summed E-state index contributed by atoms with van der Waals surface area (Å²) in [5.41, 5.74) is 1.03. The minimum absolute atomic E-state index is 0.00646. The van der Waals surface area contributed by atoms with E-state index in [0.717, 1.165) is 5.56 Å². The van der Waals surface area contributed by atoms with Crippen molar-refractivity contribution >= 4 is 11.8 Å². The molecule has 19 heavy (non-hydrogen) atoms. The minimum Gasteiger partial charge on any atom is -0.367 e. The van der Waals surface area contributed by atoms with Crippen molar-refractivity contribution in [2.75, 3.05) is 19.7 Å². The van der Waals surface area contributed by atoms with Crippen LogP contribution in [0.2, 0.25) is 0 Å². The Bertz CT molecular complexity index is 447. The SMILES string of the molecule is CC1C(=O)NCCN1C(=O)COCc1ccccc1. The van der Waals surface area contributed by atoms with E-state index >= 15 is 0 Å². The predicted molar refractivity (Wildman–Crippen MR) is 70.3 cm³/mol. The number of carbonyl (C=O) groups excluding carboxylic acids is 2. The molecule has 1 aromatic rings. The smallest absolute Gasteiger partial charge is 0.249 e. The number of hydrogen-bond donors (Lipinski definition) is 1. The fourth-order valence-electron chi connectivity index (χ4n) is 2.04. The summed E-state index contributed by atoms with van der Waals surface area (Å²) in [7, 11) is 0. The molecule has 0 aliphatic carbocycles.